The lowest BCUT2D eigenvalue weighted by molar-refractivity contribution is 0.137. The van der Waals surface area contributed by atoms with Crippen LogP contribution in [-0.4, -0.2) is 55.2 Å². The van der Waals surface area contributed by atoms with Crippen molar-refractivity contribution in [3.05, 3.63) is 40.8 Å². The predicted octanol–water partition coefficient (Wildman–Crippen LogP) is 3.16. The summed E-state index contributed by atoms with van der Waals surface area (Å²) in [4.78, 5) is 16.7. The summed E-state index contributed by atoms with van der Waals surface area (Å²) in [7, 11) is 0. The lowest BCUT2D eigenvalue weighted by Crippen LogP contribution is -2.49. The largest absolute Gasteiger partial charge is 0.486 e. The zero-order valence-corrected chi connectivity index (χ0v) is 15.8. The Hall–Kier alpha value is -2.19. The molecule has 2 aromatic rings. The molecule has 8 heteroatoms. The fourth-order valence-corrected chi connectivity index (χ4v) is 3.51. The van der Waals surface area contributed by atoms with Crippen LogP contribution < -0.4 is 14.8 Å². The van der Waals surface area contributed by atoms with E-state index in [-0.39, 0.29) is 6.03 Å². The smallest absolute Gasteiger partial charge is 0.321 e. The number of halogens is 1. The van der Waals surface area contributed by atoms with Crippen molar-refractivity contribution in [1.29, 1.82) is 0 Å². The molecule has 0 bridgehead atoms. The number of anilines is 1. The van der Waals surface area contributed by atoms with Crippen molar-refractivity contribution in [2.45, 2.75) is 6.54 Å². The Labute approximate surface area is 160 Å². The minimum absolute atomic E-state index is 0.111. The SMILES string of the molecule is O=C(Nc1cc2c(cc1Br)OCCO2)N1CCN(Cc2ccco2)CC1. The highest BCUT2D eigenvalue weighted by molar-refractivity contribution is 9.10. The highest BCUT2D eigenvalue weighted by Crippen LogP contribution is 2.38. The molecule has 3 heterocycles. The molecule has 0 radical (unpaired) electrons. The molecule has 0 saturated carbocycles. The Kier molecular flexibility index (Phi) is 5.03. The van der Waals surface area contributed by atoms with E-state index in [1.54, 1.807) is 12.3 Å². The van der Waals surface area contributed by atoms with Crippen molar-refractivity contribution >= 4 is 27.6 Å². The first-order valence-electron chi connectivity index (χ1n) is 8.59. The van der Waals surface area contributed by atoms with Gasteiger partial charge in [-0.25, -0.2) is 4.79 Å². The zero-order valence-electron chi connectivity index (χ0n) is 14.2. The quantitative estimate of drug-likeness (QED) is 0.824. The summed E-state index contributed by atoms with van der Waals surface area (Å²) in [5.41, 5.74) is 0.678. The van der Waals surface area contributed by atoms with Crippen LogP contribution in [0.2, 0.25) is 0 Å². The van der Waals surface area contributed by atoms with E-state index in [2.05, 4.69) is 26.1 Å². The molecule has 2 aliphatic heterocycles. The molecule has 4 rings (SSSR count). The summed E-state index contributed by atoms with van der Waals surface area (Å²) in [6.45, 7) is 4.81. The number of amides is 2. The maximum absolute atomic E-state index is 12.6. The molecule has 1 aromatic carbocycles. The molecule has 1 aromatic heterocycles. The van der Waals surface area contributed by atoms with Crippen molar-refractivity contribution in [2.24, 2.45) is 0 Å². The molecule has 0 atom stereocenters. The average molecular weight is 422 g/mol. The zero-order chi connectivity index (χ0) is 17.9. The molecular formula is C18H20BrN3O4. The molecule has 0 unspecified atom stereocenters. The minimum atomic E-state index is -0.111. The third-order valence-corrected chi connectivity index (χ3v) is 5.15. The van der Waals surface area contributed by atoms with Gasteiger partial charge >= 0.3 is 6.03 Å². The van der Waals surface area contributed by atoms with Crippen LogP contribution in [0.15, 0.2) is 39.4 Å². The maximum Gasteiger partial charge on any atom is 0.321 e. The van der Waals surface area contributed by atoms with Crippen LogP contribution in [0.4, 0.5) is 10.5 Å². The van der Waals surface area contributed by atoms with Crippen molar-refractivity contribution in [3.8, 4) is 11.5 Å². The Bertz CT molecular complexity index is 773. The Morgan fingerprint density at radius 1 is 1.12 bits per heavy atom. The second-order valence-corrected chi connectivity index (χ2v) is 7.10. The third kappa shape index (κ3) is 3.81. The van der Waals surface area contributed by atoms with E-state index >= 15 is 0 Å². The van der Waals surface area contributed by atoms with Crippen LogP contribution in [0.1, 0.15) is 5.76 Å². The molecule has 0 aliphatic carbocycles. The summed E-state index contributed by atoms with van der Waals surface area (Å²) in [6.07, 6.45) is 1.68. The van der Waals surface area contributed by atoms with Crippen LogP contribution in [0.3, 0.4) is 0 Å². The van der Waals surface area contributed by atoms with Crippen LogP contribution in [0, 0.1) is 0 Å². The third-order valence-electron chi connectivity index (χ3n) is 4.49. The van der Waals surface area contributed by atoms with E-state index in [1.807, 2.05) is 23.1 Å². The number of carbonyl (C=O) groups is 1. The summed E-state index contributed by atoms with van der Waals surface area (Å²) in [5.74, 6) is 2.29. The number of benzene rings is 1. The highest BCUT2D eigenvalue weighted by Gasteiger charge is 2.23. The van der Waals surface area contributed by atoms with Gasteiger partial charge in [-0.05, 0) is 28.1 Å². The van der Waals surface area contributed by atoms with E-state index in [1.165, 1.54) is 0 Å². The molecule has 1 fully saturated rings. The average Bonchev–Trinajstić information content (AvgIpc) is 3.16. The molecule has 2 aliphatic rings. The van der Waals surface area contributed by atoms with Gasteiger partial charge in [0, 0.05) is 42.8 Å². The molecule has 138 valence electrons. The first kappa shape index (κ1) is 17.2. The second kappa shape index (κ2) is 7.59. The lowest BCUT2D eigenvalue weighted by atomic mass is 10.2. The fourth-order valence-electron chi connectivity index (χ4n) is 3.09. The van der Waals surface area contributed by atoms with Crippen LogP contribution in [0.5, 0.6) is 11.5 Å². The number of nitrogens with zero attached hydrogens (tertiary/aromatic N) is 2. The highest BCUT2D eigenvalue weighted by atomic mass is 79.9. The van der Waals surface area contributed by atoms with Gasteiger partial charge in [-0.1, -0.05) is 0 Å². The molecule has 26 heavy (non-hydrogen) atoms. The molecular weight excluding hydrogens is 402 g/mol. The first-order valence-corrected chi connectivity index (χ1v) is 9.38. The number of ether oxygens (including phenoxy) is 2. The summed E-state index contributed by atoms with van der Waals surface area (Å²) >= 11 is 3.48. The molecule has 0 spiro atoms. The number of rotatable bonds is 3. The van der Waals surface area contributed by atoms with E-state index < -0.39 is 0 Å². The van der Waals surface area contributed by atoms with Gasteiger partial charge in [0.15, 0.2) is 11.5 Å². The van der Waals surface area contributed by atoms with E-state index in [0.29, 0.717) is 43.5 Å². The number of hydrogen-bond donors (Lipinski definition) is 1. The molecule has 2 amide bonds. The maximum atomic E-state index is 12.6. The first-order chi connectivity index (χ1) is 12.7. The minimum Gasteiger partial charge on any atom is -0.486 e. The Morgan fingerprint density at radius 2 is 1.85 bits per heavy atom. The van der Waals surface area contributed by atoms with Gasteiger partial charge in [0.2, 0.25) is 0 Å². The number of piperazine rings is 1. The molecule has 1 N–H and O–H groups in total. The van der Waals surface area contributed by atoms with Gasteiger partial charge in [-0.15, -0.1) is 0 Å². The molecule has 7 nitrogen and oxygen atoms in total. The monoisotopic (exact) mass is 421 g/mol. The van der Waals surface area contributed by atoms with Crippen LogP contribution in [0.25, 0.3) is 0 Å². The Morgan fingerprint density at radius 3 is 2.54 bits per heavy atom. The summed E-state index contributed by atoms with van der Waals surface area (Å²) in [5, 5.41) is 2.96. The lowest BCUT2D eigenvalue weighted by Gasteiger charge is -2.34. The number of carbonyl (C=O) groups excluding carboxylic acids is 1. The van der Waals surface area contributed by atoms with Crippen LogP contribution >= 0.6 is 15.9 Å². The van der Waals surface area contributed by atoms with Gasteiger partial charge in [0.25, 0.3) is 0 Å². The number of nitrogens with one attached hydrogen (secondary N) is 1. The number of hydrogen-bond acceptors (Lipinski definition) is 5. The number of urea groups is 1. The number of fused-ring (bicyclic) bond motifs is 1. The van der Waals surface area contributed by atoms with Crippen molar-refractivity contribution in [3.63, 3.8) is 0 Å². The fraction of sp³-hybridized carbons (Fsp3) is 0.389. The Balaban J connectivity index is 1.34. The number of furan rings is 1. The van der Waals surface area contributed by atoms with Gasteiger partial charge < -0.3 is 24.1 Å². The van der Waals surface area contributed by atoms with Gasteiger partial charge in [0.05, 0.1) is 18.5 Å². The van der Waals surface area contributed by atoms with E-state index in [9.17, 15) is 4.79 Å². The summed E-state index contributed by atoms with van der Waals surface area (Å²) < 4.78 is 17.3. The summed E-state index contributed by atoms with van der Waals surface area (Å²) in [6, 6.07) is 7.37. The van der Waals surface area contributed by atoms with Gasteiger partial charge in [0.1, 0.15) is 19.0 Å². The van der Waals surface area contributed by atoms with Crippen molar-refractivity contribution < 1.29 is 18.7 Å². The topological polar surface area (TPSA) is 67.2 Å². The second-order valence-electron chi connectivity index (χ2n) is 6.25. The van der Waals surface area contributed by atoms with Crippen molar-refractivity contribution in [1.82, 2.24) is 9.80 Å². The van der Waals surface area contributed by atoms with Crippen molar-refractivity contribution in [2.75, 3.05) is 44.7 Å². The predicted molar refractivity (Wildman–Crippen MR) is 99.7 cm³/mol. The van der Waals surface area contributed by atoms with Gasteiger partial charge in [-0.3, -0.25) is 4.90 Å². The molecule has 1 saturated heterocycles. The normalized spacial score (nSPS) is 17.2. The van der Waals surface area contributed by atoms with Gasteiger partial charge in [-0.2, -0.15) is 0 Å². The standard InChI is InChI=1S/C18H20BrN3O4/c19-14-10-16-17(26-9-8-25-16)11-15(14)20-18(23)22-5-3-21(4-6-22)12-13-2-1-7-24-13/h1-2,7,10-11H,3-6,8-9,12H2,(H,20,23). The van der Waals surface area contributed by atoms with E-state index in [4.69, 9.17) is 13.9 Å². The van der Waals surface area contributed by atoms with E-state index in [0.717, 1.165) is 29.9 Å². The van der Waals surface area contributed by atoms with Crippen LogP contribution in [-0.2, 0) is 6.54 Å².